The minimum absolute atomic E-state index is 0.0362. The third-order valence-electron chi connectivity index (χ3n) is 3.81. The van der Waals surface area contributed by atoms with Crippen molar-refractivity contribution in [2.75, 3.05) is 36.4 Å². The summed E-state index contributed by atoms with van der Waals surface area (Å²) in [5, 5.41) is 3.55. The summed E-state index contributed by atoms with van der Waals surface area (Å²) in [4.78, 5) is 27.3. The lowest BCUT2D eigenvalue weighted by Crippen LogP contribution is -2.48. The number of carbonyl (C=O) groups excluding carboxylic acids is 2. The molecule has 1 aliphatic rings. The zero-order valence-electron chi connectivity index (χ0n) is 13.2. The van der Waals surface area contributed by atoms with Gasteiger partial charge in [-0.1, -0.05) is 31.5 Å². The van der Waals surface area contributed by atoms with Gasteiger partial charge in [-0.15, -0.1) is 0 Å². The van der Waals surface area contributed by atoms with E-state index in [-0.39, 0.29) is 17.7 Å². The first kappa shape index (κ1) is 16.6. The van der Waals surface area contributed by atoms with Gasteiger partial charge in [0.1, 0.15) is 0 Å². The Bertz CT molecular complexity index is 567. The molecule has 1 aromatic rings. The Hall–Kier alpha value is -1.75. The van der Waals surface area contributed by atoms with Crippen LogP contribution in [0.3, 0.4) is 0 Å². The number of piperazine rings is 1. The first-order valence-electron chi connectivity index (χ1n) is 7.50. The average molecular weight is 324 g/mol. The molecule has 0 aliphatic carbocycles. The van der Waals surface area contributed by atoms with E-state index < -0.39 is 0 Å². The van der Waals surface area contributed by atoms with Crippen LogP contribution in [0, 0.1) is 5.92 Å². The number of carbonyl (C=O) groups is 2. The highest BCUT2D eigenvalue weighted by Gasteiger charge is 2.23. The van der Waals surface area contributed by atoms with Crippen LogP contribution in [0.15, 0.2) is 18.2 Å². The van der Waals surface area contributed by atoms with Crippen molar-refractivity contribution < 1.29 is 9.59 Å². The van der Waals surface area contributed by atoms with Crippen molar-refractivity contribution >= 4 is 34.8 Å². The molecule has 1 aliphatic heterocycles. The molecule has 120 valence electrons. The molecule has 6 heteroatoms. The Kier molecular flexibility index (Phi) is 5.29. The van der Waals surface area contributed by atoms with Crippen molar-refractivity contribution in [1.29, 1.82) is 0 Å². The second-order valence-corrected chi connectivity index (χ2v) is 6.18. The first-order valence-corrected chi connectivity index (χ1v) is 7.87. The maximum Gasteiger partial charge on any atom is 0.226 e. The van der Waals surface area contributed by atoms with Crippen molar-refractivity contribution in [1.82, 2.24) is 4.90 Å². The summed E-state index contributed by atoms with van der Waals surface area (Å²) in [6, 6.07) is 5.51. The van der Waals surface area contributed by atoms with Gasteiger partial charge in [-0.3, -0.25) is 9.59 Å². The van der Waals surface area contributed by atoms with Gasteiger partial charge in [-0.25, -0.2) is 0 Å². The molecular weight excluding hydrogens is 302 g/mol. The van der Waals surface area contributed by atoms with Crippen LogP contribution in [0.1, 0.15) is 20.8 Å². The van der Waals surface area contributed by atoms with Crippen LogP contribution < -0.4 is 10.2 Å². The summed E-state index contributed by atoms with van der Waals surface area (Å²) < 4.78 is 0. The highest BCUT2D eigenvalue weighted by Crippen LogP contribution is 2.34. The summed E-state index contributed by atoms with van der Waals surface area (Å²) in [6.07, 6.45) is 0. The van der Waals surface area contributed by atoms with Crippen molar-refractivity contribution in [2.45, 2.75) is 20.8 Å². The van der Waals surface area contributed by atoms with Crippen LogP contribution in [-0.4, -0.2) is 42.9 Å². The molecular formula is C16H22ClN3O2. The zero-order chi connectivity index (χ0) is 16.3. The number of benzene rings is 1. The van der Waals surface area contributed by atoms with E-state index in [1.807, 2.05) is 36.9 Å². The fourth-order valence-electron chi connectivity index (χ4n) is 2.46. The quantitative estimate of drug-likeness (QED) is 0.930. The molecule has 0 saturated carbocycles. The van der Waals surface area contributed by atoms with E-state index in [0.29, 0.717) is 31.2 Å². The van der Waals surface area contributed by atoms with Crippen molar-refractivity contribution in [3.8, 4) is 0 Å². The number of anilines is 2. The Labute approximate surface area is 136 Å². The second kappa shape index (κ2) is 7.01. The van der Waals surface area contributed by atoms with Gasteiger partial charge in [0, 0.05) is 39.0 Å². The van der Waals surface area contributed by atoms with E-state index >= 15 is 0 Å². The van der Waals surface area contributed by atoms with Crippen LogP contribution in [0.4, 0.5) is 11.4 Å². The summed E-state index contributed by atoms with van der Waals surface area (Å²) in [5.41, 5.74) is 1.56. The molecule has 0 unspecified atom stereocenters. The van der Waals surface area contributed by atoms with Crippen molar-refractivity contribution in [2.24, 2.45) is 5.92 Å². The Morgan fingerprint density at radius 3 is 2.36 bits per heavy atom. The van der Waals surface area contributed by atoms with Gasteiger partial charge in [-0.2, -0.15) is 0 Å². The molecule has 2 rings (SSSR count). The smallest absolute Gasteiger partial charge is 0.226 e. The largest absolute Gasteiger partial charge is 0.365 e. The summed E-state index contributed by atoms with van der Waals surface area (Å²) in [6.45, 7) is 8.02. The lowest BCUT2D eigenvalue weighted by Gasteiger charge is -2.37. The molecule has 1 heterocycles. The lowest BCUT2D eigenvalue weighted by molar-refractivity contribution is -0.129. The van der Waals surface area contributed by atoms with Crippen LogP contribution in [0.5, 0.6) is 0 Å². The SMILES string of the molecule is CC(=O)N1CCN(c2c(Cl)cccc2NC(=O)C(C)C)CC1. The van der Waals surface area contributed by atoms with Gasteiger partial charge in [0.25, 0.3) is 0 Å². The van der Waals surface area contributed by atoms with Gasteiger partial charge in [0.2, 0.25) is 11.8 Å². The molecule has 1 fully saturated rings. The van der Waals surface area contributed by atoms with Crippen LogP contribution in [0.25, 0.3) is 0 Å². The predicted octanol–water partition coefficient (Wildman–Crippen LogP) is 2.60. The maximum atomic E-state index is 12.0. The molecule has 5 nitrogen and oxygen atoms in total. The standard InChI is InChI=1S/C16H22ClN3O2/c1-11(2)16(22)18-14-6-4-5-13(17)15(14)20-9-7-19(8-10-20)12(3)21/h4-6,11H,7-10H2,1-3H3,(H,18,22). The van der Waals surface area contributed by atoms with Crippen LogP contribution in [-0.2, 0) is 9.59 Å². The fraction of sp³-hybridized carbons (Fsp3) is 0.500. The van der Waals surface area contributed by atoms with E-state index in [2.05, 4.69) is 10.2 Å². The van der Waals surface area contributed by atoms with Crippen molar-refractivity contribution in [3.05, 3.63) is 23.2 Å². The van der Waals surface area contributed by atoms with Gasteiger partial charge in [0.15, 0.2) is 0 Å². The molecule has 0 radical (unpaired) electrons. The highest BCUT2D eigenvalue weighted by atomic mass is 35.5. The molecule has 0 spiro atoms. The lowest BCUT2D eigenvalue weighted by atomic mass is 10.1. The topological polar surface area (TPSA) is 52.7 Å². The van der Waals surface area contributed by atoms with E-state index in [0.717, 1.165) is 11.4 Å². The average Bonchev–Trinajstić information content (AvgIpc) is 2.47. The number of para-hydroxylation sites is 1. The molecule has 1 saturated heterocycles. The summed E-state index contributed by atoms with van der Waals surface area (Å²) in [7, 11) is 0. The molecule has 1 N–H and O–H groups in total. The van der Waals surface area contributed by atoms with Gasteiger partial charge >= 0.3 is 0 Å². The zero-order valence-corrected chi connectivity index (χ0v) is 14.0. The van der Waals surface area contributed by atoms with Crippen molar-refractivity contribution in [3.63, 3.8) is 0 Å². The van der Waals surface area contributed by atoms with E-state index in [1.54, 1.807) is 6.92 Å². The third kappa shape index (κ3) is 3.71. The normalized spacial score (nSPS) is 15.1. The number of hydrogen-bond donors (Lipinski definition) is 1. The number of amides is 2. The highest BCUT2D eigenvalue weighted by molar-refractivity contribution is 6.34. The summed E-state index contributed by atoms with van der Waals surface area (Å²) in [5.74, 6) is -0.0422. The second-order valence-electron chi connectivity index (χ2n) is 5.77. The van der Waals surface area contributed by atoms with Gasteiger partial charge in [-0.05, 0) is 12.1 Å². The molecule has 1 aromatic carbocycles. The Morgan fingerprint density at radius 2 is 1.82 bits per heavy atom. The minimum atomic E-state index is -0.0959. The first-order chi connectivity index (χ1) is 10.4. The number of halogens is 1. The predicted molar refractivity (Wildman–Crippen MR) is 89.4 cm³/mol. The molecule has 0 aromatic heterocycles. The monoisotopic (exact) mass is 323 g/mol. The minimum Gasteiger partial charge on any atom is -0.365 e. The van der Waals surface area contributed by atoms with E-state index in [1.165, 1.54) is 0 Å². The number of hydrogen-bond acceptors (Lipinski definition) is 3. The van der Waals surface area contributed by atoms with E-state index in [4.69, 9.17) is 11.6 Å². The molecule has 22 heavy (non-hydrogen) atoms. The third-order valence-corrected chi connectivity index (χ3v) is 4.12. The summed E-state index contributed by atoms with van der Waals surface area (Å²) >= 11 is 6.35. The molecule has 0 atom stereocenters. The molecule has 0 bridgehead atoms. The van der Waals surface area contributed by atoms with Crippen LogP contribution in [0.2, 0.25) is 5.02 Å². The van der Waals surface area contributed by atoms with Crippen LogP contribution >= 0.6 is 11.6 Å². The van der Waals surface area contributed by atoms with Gasteiger partial charge in [0.05, 0.1) is 16.4 Å². The van der Waals surface area contributed by atoms with E-state index in [9.17, 15) is 9.59 Å². The fourth-order valence-corrected chi connectivity index (χ4v) is 2.75. The maximum absolute atomic E-state index is 12.0. The Morgan fingerprint density at radius 1 is 1.18 bits per heavy atom. The number of nitrogens with zero attached hydrogens (tertiary/aromatic N) is 2. The molecule has 2 amide bonds. The number of nitrogens with one attached hydrogen (secondary N) is 1. The Balaban J connectivity index is 2.20. The van der Waals surface area contributed by atoms with Gasteiger partial charge < -0.3 is 15.1 Å². The number of rotatable bonds is 3.